The number of fused-ring (bicyclic) bond motifs is 1. The third kappa shape index (κ3) is 7.89. The van der Waals surface area contributed by atoms with E-state index in [1.807, 2.05) is 78.9 Å². The Morgan fingerprint density at radius 2 is 1.29 bits per heavy atom. The van der Waals surface area contributed by atoms with Gasteiger partial charge in [-0.3, -0.25) is 0 Å². The first-order valence-electron chi connectivity index (χ1n) is 17.0. The molecule has 48 heavy (non-hydrogen) atoms. The van der Waals surface area contributed by atoms with Gasteiger partial charge >= 0.3 is 296 Å². The Bertz CT molecular complexity index is 1440. The summed E-state index contributed by atoms with van der Waals surface area (Å²) >= 11 is -0.167. The summed E-state index contributed by atoms with van der Waals surface area (Å²) in [7, 11) is -5.73. The van der Waals surface area contributed by atoms with Gasteiger partial charge < -0.3 is 0 Å². The number of para-hydroxylation sites is 2. The summed E-state index contributed by atoms with van der Waals surface area (Å²) in [6.45, 7) is 17.9. The van der Waals surface area contributed by atoms with Crippen LogP contribution in [0.2, 0.25) is 22.2 Å². The second-order valence-corrected chi connectivity index (χ2v) is 25.0. The molecule has 3 aromatic rings. The van der Waals surface area contributed by atoms with Gasteiger partial charge in [0.1, 0.15) is 0 Å². The first kappa shape index (κ1) is 36.7. The normalized spacial score (nSPS) is 23.8. The van der Waals surface area contributed by atoms with Crippen molar-refractivity contribution in [2.75, 3.05) is 11.6 Å². The van der Waals surface area contributed by atoms with Gasteiger partial charge in [0.05, 0.1) is 0 Å². The molecular formula is C37H50N2O6SeSi2. The topological polar surface area (TPSA) is 78.8 Å². The van der Waals surface area contributed by atoms with Crippen LogP contribution in [-0.2, 0) is 27.2 Å². The molecule has 0 unspecified atom stereocenters. The summed E-state index contributed by atoms with van der Waals surface area (Å²) in [5.41, 5.74) is 2.35. The number of esters is 1. The molecule has 3 aromatic carbocycles. The minimum atomic E-state index is -2.98. The van der Waals surface area contributed by atoms with Gasteiger partial charge in [0.25, 0.3) is 0 Å². The van der Waals surface area contributed by atoms with Crippen LogP contribution in [0.5, 0.6) is 0 Å². The van der Waals surface area contributed by atoms with E-state index in [1.54, 1.807) is 5.01 Å². The van der Waals surface area contributed by atoms with Crippen LogP contribution in [0.1, 0.15) is 55.4 Å². The Kier molecular flexibility index (Phi) is 12.2. The Hall–Kier alpha value is -2.61. The number of benzene rings is 3. The molecule has 0 saturated carbocycles. The van der Waals surface area contributed by atoms with Crippen LogP contribution in [-0.4, -0.2) is 74.2 Å². The molecule has 0 spiro atoms. The molecule has 2 aliphatic heterocycles. The fourth-order valence-corrected chi connectivity index (χ4v) is 20.2. The van der Waals surface area contributed by atoms with Crippen molar-refractivity contribution in [1.29, 1.82) is 0 Å². The van der Waals surface area contributed by atoms with Crippen LogP contribution < -0.4 is 9.47 Å². The predicted octanol–water partition coefficient (Wildman–Crippen LogP) is 7.43. The summed E-state index contributed by atoms with van der Waals surface area (Å²) in [5.74, 6) is -0.558. The number of rotatable bonds is 11. The number of carbonyl (C=O) groups is 1. The second-order valence-electron chi connectivity index (χ2n) is 13.7. The third-order valence-corrected chi connectivity index (χ3v) is 21.8. The van der Waals surface area contributed by atoms with Gasteiger partial charge in [-0.1, -0.05) is 0 Å². The van der Waals surface area contributed by atoms with Gasteiger partial charge in [0.15, 0.2) is 0 Å². The van der Waals surface area contributed by atoms with Crippen LogP contribution in [0.4, 0.5) is 11.4 Å². The van der Waals surface area contributed by atoms with Gasteiger partial charge in [-0.25, -0.2) is 0 Å². The third-order valence-electron chi connectivity index (χ3n) is 9.13. The first-order chi connectivity index (χ1) is 23.0. The van der Waals surface area contributed by atoms with Crippen LogP contribution >= 0.6 is 0 Å². The molecule has 4 atom stereocenters. The van der Waals surface area contributed by atoms with Crippen LogP contribution in [0.15, 0.2) is 96.1 Å². The Balaban J connectivity index is 1.50. The zero-order valence-corrected chi connectivity index (χ0v) is 33.0. The number of carbonyl (C=O) groups excluding carboxylic acids is 1. The number of ether oxygens (including phenoxy) is 2. The fraction of sp³-hybridized carbons (Fsp3) is 0.459. The Labute approximate surface area is 294 Å². The molecule has 11 heteroatoms. The quantitative estimate of drug-likeness (QED) is 0.0873. The molecule has 0 amide bonds. The van der Waals surface area contributed by atoms with E-state index in [1.165, 1.54) is 6.21 Å². The zero-order valence-electron chi connectivity index (χ0n) is 29.3. The Morgan fingerprint density at radius 3 is 1.79 bits per heavy atom. The molecule has 258 valence electrons. The summed E-state index contributed by atoms with van der Waals surface area (Å²) in [4.78, 5) is 13.8. The molecule has 5 rings (SSSR count). The zero-order chi connectivity index (χ0) is 34.5. The summed E-state index contributed by atoms with van der Waals surface area (Å²) in [6.07, 6.45) is -0.362. The second kappa shape index (κ2) is 16.0. The molecule has 0 radical (unpaired) electrons. The molecular weight excluding hydrogens is 704 g/mol. The van der Waals surface area contributed by atoms with Crippen molar-refractivity contribution in [2.24, 2.45) is 5.10 Å². The Morgan fingerprint density at radius 1 is 0.792 bits per heavy atom. The molecule has 2 heterocycles. The standard InChI is InChI=1S/C37H50N2O6SeSi2/c1-26(2)47(27(3)4)41-25-33-35(44-48(45-47,28(5)6)29(7)8)36(37(42-33)46-32-22-16-11-17-23-32)43-34(40)24-38-39(30-18-12-9-13-19-30)31-20-14-10-15-21-31/h9-24,26-29,33,35-37H,25H2,1-8H3/b38-24+/t33-,35-,36+,37-/m0/s1. The average molecular weight is 754 g/mol. The van der Waals surface area contributed by atoms with E-state index in [0.29, 0.717) is 6.61 Å². The number of anilines is 2. The number of hydrogen-bond acceptors (Lipinski definition) is 8. The van der Waals surface area contributed by atoms with E-state index < -0.39 is 41.4 Å². The molecule has 0 bridgehead atoms. The summed E-state index contributed by atoms with van der Waals surface area (Å²) < 4.78 is 36.1. The van der Waals surface area contributed by atoms with Gasteiger partial charge in [0, 0.05) is 0 Å². The van der Waals surface area contributed by atoms with Gasteiger partial charge in [0.2, 0.25) is 0 Å². The summed E-state index contributed by atoms with van der Waals surface area (Å²) in [5, 5.41) is 5.97. The molecule has 2 aliphatic rings. The van der Waals surface area contributed by atoms with E-state index in [9.17, 15) is 4.79 Å². The van der Waals surface area contributed by atoms with Crippen molar-refractivity contribution < 1.29 is 27.2 Å². The van der Waals surface area contributed by atoms with Crippen molar-refractivity contribution in [3.05, 3.63) is 91.0 Å². The average Bonchev–Trinajstić information content (AvgIpc) is 3.36. The number of hydrazone groups is 1. The van der Waals surface area contributed by atoms with Crippen LogP contribution in [0, 0.1) is 0 Å². The monoisotopic (exact) mass is 754 g/mol. The molecule has 2 fully saturated rings. The van der Waals surface area contributed by atoms with Crippen molar-refractivity contribution in [2.45, 2.75) is 101 Å². The van der Waals surface area contributed by atoms with Crippen molar-refractivity contribution >= 4 is 60.1 Å². The molecule has 0 aliphatic carbocycles. The van der Waals surface area contributed by atoms with E-state index in [-0.39, 0.29) is 42.1 Å². The number of nitrogens with zero attached hydrogens (tertiary/aromatic N) is 2. The molecule has 2 saturated heterocycles. The molecule has 0 aromatic heterocycles. The molecule has 0 N–H and O–H groups in total. The fourth-order valence-electron chi connectivity index (χ4n) is 6.65. The van der Waals surface area contributed by atoms with Crippen molar-refractivity contribution in [3.63, 3.8) is 0 Å². The predicted molar refractivity (Wildman–Crippen MR) is 198 cm³/mol. The SMILES string of the molecule is CC(C)[Si]1(C(C)C)OC[C@@H]2O[C@@H]([Se]c3ccccc3)[C@H](OC(=O)/C=N/N(c3ccccc3)c3ccccc3)[C@H]2O[Si](C(C)C)(C(C)C)O1. The van der Waals surface area contributed by atoms with Crippen molar-refractivity contribution in [1.82, 2.24) is 0 Å². The molecule has 8 nitrogen and oxygen atoms in total. The maximum atomic E-state index is 13.8. The summed E-state index contributed by atoms with van der Waals surface area (Å²) in [6, 6.07) is 29.7. The number of hydrogen-bond donors (Lipinski definition) is 0. The van der Waals surface area contributed by atoms with Gasteiger partial charge in [-0.2, -0.15) is 0 Å². The van der Waals surface area contributed by atoms with Gasteiger partial charge in [-0.15, -0.1) is 0 Å². The first-order valence-corrected chi connectivity index (χ1v) is 22.8. The van der Waals surface area contributed by atoms with E-state index in [2.05, 4.69) is 72.6 Å². The van der Waals surface area contributed by atoms with E-state index in [0.717, 1.165) is 15.8 Å². The minimum absolute atomic E-state index is 0.131. The maximum absolute atomic E-state index is 13.8. The van der Waals surface area contributed by atoms with Crippen LogP contribution in [0.25, 0.3) is 0 Å². The van der Waals surface area contributed by atoms with Crippen molar-refractivity contribution in [3.8, 4) is 0 Å². The van der Waals surface area contributed by atoms with E-state index in [4.69, 9.17) is 22.4 Å². The van der Waals surface area contributed by atoms with Crippen LogP contribution in [0.3, 0.4) is 0 Å². The van der Waals surface area contributed by atoms with E-state index >= 15 is 0 Å². The van der Waals surface area contributed by atoms with Gasteiger partial charge in [-0.05, 0) is 0 Å².